The SMILES string of the molecule is OC1CCN(Cc2ccc(Nc3ncc4c5ccncc5n(C5CCCC5)c4n3)nc2)CC1. The van der Waals surface area contributed by atoms with E-state index in [0.717, 1.165) is 60.2 Å². The number of fused-ring (bicyclic) bond motifs is 3. The Morgan fingerprint density at radius 1 is 0.939 bits per heavy atom. The van der Waals surface area contributed by atoms with E-state index < -0.39 is 0 Å². The van der Waals surface area contributed by atoms with Gasteiger partial charge in [-0.25, -0.2) is 9.97 Å². The maximum Gasteiger partial charge on any atom is 0.230 e. The summed E-state index contributed by atoms with van der Waals surface area (Å²) in [5, 5.41) is 15.2. The molecule has 5 heterocycles. The molecular weight excluding hydrogens is 414 g/mol. The summed E-state index contributed by atoms with van der Waals surface area (Å²) < 4.78 is 2.36. The summed E-state index contributed by atoms with van der Waals surface area (Å²) in [5.41, 5.74) is 3.27. The molecule has 2 fully saturated rings. The fourth-order valence-corrected chi connectivity index (χ4v) is 5.30. The molecule has 0 unspecified atom stereocenters. The highest BCUT2D eigenvalue weighted by atomic mass is 16.3. The van der Waals surface area contributed by atoms with Crippen molar-refractivity contribution in [3.05, 3.63) is 48.5 Å². The van der Waals surface area contributed by atoms with E-state index in [1.165, 1.54) is 31.2 Å². The normalized spacial score (nSPS) is 18.5. The first-order valence-electron chi connectivity index (χ1n) is 12.0. The Morgan fingerprint density at radius 2 is 1.79 bits per heavy atom. The number of rotatable bonds is 5. The van der Waals surface area contributed by atoms with Gasteiger partial charge in [0.25, 0.3) is 0 Å². The first-order chi connectivity index (χ1) is 16.2. The molecule has 1 aliphatic heterocycles. The molecule has 1 saturated heterocycles. The van der Waals surface area contributed by atoms with E-state index in [1.54, 1.807) is 0 Å². The largest absolute Gasteiger partial charge is 0.393 e. The Labute approximate surface area is 192 Å². The van der Waals surface area contributed by atoms with Crippen LogP contribution in [-0.4, -0.2) is 53.7 Å². The van der Waals surface area contributed by atoms with Crippen LogP contribution in [0.2, 0.25) is 0 Å². The Balaban J connectivity index is 1.25. The van der Waals surface area contributed by atoms with Gasteiger partial charge in [-0.3, -0.25) is 9.88 Å². The fraction of sp³-hybridized carbons (Fsp3) is 0.440. The molecule has 2 aliphatic rings. The van der Waals surface area contributed by atoms with Gasteiger partial charge < -0.3 is 15.0 Å². The lowest BCUT2D eigenvalue weighted by Gasteiger charge is -2.29. The van der Waals surface area contributed by atoms with Gasteiger partial charge in [0.1, 0.15) is 11.5 Å². The molecule has 8 nitrogen and oxygen atoms in total. The number of likely N-dealkylation sites (tertiary alicyclic amines) is 1. The number of pyridine rings is 2. The first kappa shape index (κ1) is 20.5. The summed E-state index contributed by atoms with van der Waals surface area (Å²) in [6.45, 7) is 2.72. The molecule has 1 aliphatic carbocycles. The lowest BCUT2D eigenvalue weighted by molar-refractivity contribution is 0.0792. The molecule has 4 aromatic rings. The molecule has 2 N–H and O–H groups in total. The second-order valence-corrected chi connectivity index (χ2v) is 9.32. The number of aromatic nitrogens is 5. The van der Waals surface area contributed by atoms with E-state index in [9.17, 15) is 5.11 Å². The maximum absolute atomic E-state index is 9.69. The molecule has 33 heavy (non-hydrogen) atoms. The van der Waals surface area contributed by atoms with Crippen LogP contribution in [0.3, 0.4) is 0 Å². The molecular formula is C25H29N7O. The monoisotopic (exact) mass is 443 g/mol. The second kappa shape index (κ2) is 8.68. The van der Waals surface area contributed by atoms with Gasteiger partial charge in [-0.15, -0.1) is 0 Å². The van der Waals surface area contributed by atoms with Crippen LogP contribution in [0, 0.1) is 0 Å². The molecule has 0 amide bonds. The van der Waals surface area contributed by atoms with Crippen molar-refractivity contribution >= 4 is 33.7 Å². The summed E-state index contributed by atoms with van der Waals surface area (Å²) in [4.78, 5) is 20.8. The summed E-state index contributed by atoms with van der Waals surface area (Å²) in [6, 6.07) is 6.60. The molecule has 170 valence electrons. The van der Waals surface area contributed by atoms with E-state index in [0.29, 0.717) is 12.0 Å². The summed E-state index contributed by atoms with van der Waals surface area (Å²) >= 11 is 0. The van der Waals surface area contributed by atoms with Gasteiger partial charge in [0.2, 0.25) is 5.95 Å². The highest BCUT2D eigenvalue weighted by molar-refractivity contribution is 6.06. The third-order valence-corrected chi connectivity index (χ3v) is 7.06. The van der Waals surface area contributed by atoms with Gasteiger partial charge in [0, 0.05) is 55.0 Å². The van der Waals surface area contributed by atoms with E-state index >= 15 is 0 Å². The Morgan fingerprint density at radius 3 is 2.58 bits per heavy atom. The lowest BCUT2D eigenvalue weighted by atomic mass is 10.1. The Hall–Kier alpha value is -3.10. The van der Waals surface area contributed by atoms with Crippen LogP contribution < -0.4 is 5.32 Å². The van der Waals surface area contributed by atoms with Crippen molar-refractivity contribution < 1.29 is 5.11 Å². The van der Waals surface area contributed by atoms with Crippen LogP contribution in [0.15, 0.2) is 43.0 Å². The van der Waals surface area contributed by atoms with Gasteiger partial charge in [-0.2, -0.15) is 4.98 Å². The van der Waals surface area contributed by atoms with Crippen LogP contribution in [-0.2, 0) is 6.54 Å². The number of hydrogen-bond donors (Lipinski definition) is 2. The molecule has 0 aromatic carbocycles. The van der Waals surface area contributed by atoms with Gasteiger partial charge in [-0.05, 0) is 43.4 Å². The van der Waals surface area contributed by atoms with Crippen LogP contribution in [0.1, 0.15) is 50.1 Å². The van der Waals surface area contributed by atoms with E-state index in [-0.39, 0.29) is 6.10 Å². The predicted molar refractivity (Wildman–Crippen MR) is 128 cm³/mol. The van der Waals surface area contributed by atoms with Crippen LogP contribution >= 0.6 is 0 Å². The highest BCUT2D eigenvalue weighted by Gasteiger charge is 2.23. The number of nitrogens with zero attached hydrogens (tertiary/aromatic N) is 6. The topological polar surface area (TPSA) is 92.0 Å². The van der Waals surface area contributed by atoms with Crippen LogP contribution in [0.4, 0.5) is 11.8 Å². The van der Waals surface area contributed by atoms with Crippen molar-refractivity contribution in [2.24, 2.45) is 0 Å². The minimum Gasteiger partial charge on any atom is -0.393 e. The maximum atomic E-state index is 9.69. The average molecular weight is 444 g/mol. The van der Waals surface area contributed by atoms with Crippen LogP contribution in [0.25, 0.3) is 21.9 Å². The van der Waals surface area contributed by atoms with Crippen molar-refractivity contribution in [1.82, 2.24) is 29.4 Å². The molecule has 6 rings (SSSR count). The number of nitrogens with one attached hydrogen (secondary N) is 1. The predicted octanol–water partition coefficient (Wildman–Crippen LogP) is 4.19. The molecule has 4 aromatic heterocycles. The Kier molecular flexibility index (Phi) is 5.39. The number of hydrogen-bond acceptors (Lipinski definition) is 7. The quantitative estimate of drug-likeness (QED) is 0.478. The standard InChI is InChI=1S/C25H29N7O/c33-19-8-11-31(12-9-19)16-17-5-6-23(27-13-17)29-25-28-14-21-20-7-10-26-15-22(20)32(24(21)30-25)18-3-1-2-4-18/h5-7,10,13-15,18-19,33H,1-4,8-9,11-12,16H2,(H,27,28,29,30). The number of aliphatic hydroxyl groups excluding tert-OH is 1. The highest BCUT2D eigenvalue weighted by Crippen LogP contribution is 2.37. The van der Waals surface area contributed by atoms with Crippen LogP contribution in [0.5, 0.6) is 0 Å². The van der Waals surface area contributed by atoms with E-state index in [4.69, 9.17) is 4.98 Å². The second-order valence-electron chi connectivity index (χ2n) is 9.32. The zero-order chi connectivity index (χ0) is 22.2. The summed E-state index contributed by atoms with van der Waals surface area (Å²) in [5.74, 6) is 1.29. The average Bonchev–Trinajstić information content (AvgIpc) is 3.47. The van der Waals surface area contributed by atoms with Crippen molar-refractivity contribution in [3.63, 3.8) is 0 Å². The van der Waals surface area contributed by atoms with Gasteiger partial charge in [0.05, 0.1) is 17.8 Å². The van der Waals surface area contributed by atoms with Crippen molar-refractivity contribution in [2.45, 2.75) is 57.2 Å². The molecule has 0 spiro atoms. The molecule has 8 heteroatoms. The zero-order valence-corrected chi connectivity index (χ0v) is 18.7. The van der Waals surface area contributed by atoms with Crippen molar-refractivity contribution in [2.75, 3.05) is 18.4 Å². The summed E-state index contributed by atoms with van der Waals surface area (Å²) in [7, 11) is 0. The number of anilines is 2. The van der Waals surface area contributed by atoms with Gasteiger partial charge in [-0.1, -0.05) is 18.9 Å². The third-order valence-electron chi connectivity index (χ3n) is 7.06. The smallest absolute Gasteiger partial charge is 0.230 e. The molecule has 0 radical (unpaired) electrons. The van der Waals surface area contributed by atoms with Gasteiger partial charge >= 0.3 is 0 Å². The van der Waals surface area contributed by atoms with E-state index in [2.05, 4.69) is 41.9 Å². The third kappa shape index (κ3) is 4.05. The number of piperidine rings is 1. The number of aliphatic hydroxyl groups is 1. The molecule has 0 bridgehead atoms. The minimum absolute atomic E-state index is 0.146. The molecule has 0 atom stereocenters. The fourth-order valence-electron chi connectivity index (χ4n) is 5.30. The lowest BCUT2D eigenvalue weighted by Crippen LogP contribution is -2.35. The van der Waals surface area contributed by atoms with Crippen molar-refractivity contribution in [1.29, 1.82) is 0 Å². The minimum atomic E-state index is -0.146. The zero-order valence-electron chi connectivity index (χ0n) is 18.7. The van der Waals surface area contributed by atoms with Gasteiger partial charge in [0.15, 0.2) is 0 Å². The van der Waals surface area contributed by atoms with Crippen molar-refractivity contribution in [3.8, 4) is 0 Å². The van der Waals surface area contributed by atoms with E-state index in [1.807, 2.05) is 30.9 Å². The Bertz CT molecular complexity index is 1260. The summed E-state index contributed by atoms with van der Waals surface area (Å²) in [6.07, 6.45) is 14.0. The molecule has 1 saturated carbocycles. The first-order valence-corrected chi connectivity index (χ1v) is 12.0.